The third kappa shape index (κ3) is 4.78. The molecule has 0 spiro atoms. The van der Waals surface area contributed by atoms with Gasteiger partial charge in [0.25, 0.3) is 5.91 Å². The number of aromatic nitrogens is 1. The SMILES string of the molecule is CCCCN(CC(=O)N1c2ccccc2-n2cccc2C1c1ccco1)C(=O)c1ccc(C(C)(C)C)cc1. The molecule has 6 heteroatoms. The Hall–Kier alpha value is -4.06. The maximum Gasteiger partial charge on any atom is 0.254 e. The molecule has 1 aliphatic rings. The first-order chi connectivity index (χ1) is 18.3. The number of para-hydroxylation sites is 2. The van der Waals surface area contributed by atoms with Crippen molar-refractivity contribution in [2.45, 2.75) is 52.0 Å². The second-order valence-corrected chi connectivity index (χ2v) is 10.9. The molecule has 0 radical (unpaired) electrons. The minimum atomic E-state index is -0.434. The van der Waals surface area contributed by atoms with Crippen molar-refractivity contribution in [2.75, 3.05) is 18.0 Å². The summed E-state index contributed by atoms with van der Waals surface area (Å²) in [6, 6.07) is 22.9. The molecule has 0 N–H and O–H groups in total. The van der Waals surface area contributed by atoms with Gasteiger partial charge in [-0.3, -0.25) is 14.5 Å². The van der Waals surface area contributed by atoms with Gasteiger partial charge in [-0.05, 0) is 65.9 Å². The number of hydrogen-bond donors (Lipinski definition) is 0. The van der Waals surface area contributed by atoms with Crippen molar-refractivity contribution in [1.29, 1.82) is 0 Å². The van der Waals surface area contributed by atoms with Crippen molar-refractivity contribution in [3.63, 3.8) is 0 Å². The third-order valence-corrected chi connectivity index (χ3v) is 7.19. The van der Waals surface area contributed by atoms with Crippen LogP contribution in [0.5, 0.6) is 0 Å². The monoisotopic (exact) mass is 509 g/mol. The lowest BCUT2D eigenvalue weighted by Crippen LogP contribution is -2.47. The van der Waals surface area contributed by atoms with E-state index in [1.54, 1.807) is 16.1 Å². The number of rotatable bonds is 7. The van der Waals surface area contributed by atoms with Gasteiger partial charge in [0, 0.05) is 18.3 Å². The van der Waals surface area contributed by atoms with E-state index in [0.29, 0.717) is 17.9 Å². The topological polar surface area (TPSA) is 58.7 Å². The van der Waals surface area contributed by atoms with Crippen LogP contribution in [-0.2, 0) is 10.2 Å². The predicted molar refractivity (Wildman–Crippen MR) is 150 cm³/mol. The minimum Gasteiger partial charge on any atom is -0.467 e. The summed E-state index contributed by atoms with van der Waals surface area (Å²) < 4.78 is 7.93. The van der Waals surface area contributed by atoms with Gasteiger partial charge in [0.15, 0.2) is 0 Å². The summed E-state index contributed by atoms with van der Waals surface area (Å²) in [6.07, 6.45) is 5.38. The second-order valence-electron chi connectivity index (χ2n) is 10.9. The predicted octanol–water partition coefficient (Wildman–Crippen LogP) is 6.75. The molecule has 196 valence electrons. The molecule has 1 atom stereocenters. The van der Waals surface area contributed by atoms with Gasteiger partial charge in [0.2, 0.25) is 5.91 Å². The molecule has 0 fully saturated rings. The van der Waals surface area contributed by atoms with E-state index in [4.69, 9.17) is 4.42 Å². The van der Waals surface area contributed by atoms with E-state index in [9.17, 15) is 9.59 Å². The number of furan rings is 1. The van der Waals surface area contributed by atoms with Crippen LogP contribution in [0.25, 0.3) is 5.69 Å². The van der Waals surface area contributed by atoms with Crippen LogP contribution in [-0.4, -0.2) is 34.4 Å². The smallest absolute Gasteiger partial charge is 0.254 e. The summed E-state index contributed by atoms with van der Waals surface area (Å²) in [4.78, 5) is 31.3. The van der Waals surface area contributed by atoms with Gasteiger partial charge >= 0.3 is 0 Å². The van der Waals surface area contributed by atoms with Crippen molar-refractivity contribution in [1.82, 2.24) is 9.47 Å². The van der Waals surface area contributed by atoms with Crippen LogP contribution < -0.4 is 4.90 Å². The van der Waals surface area contributed by atoms with E-state index in [-0.39, 0.29) is 23.8 Å². The Morgan fingerprint density at radius 1 is 0.921 bits per heavy atom. The van der Waals surface area contributed by atoms with Crippen LogP contribution in [0.3, 0.4) is 0 Å². The Bertz CT molecular complexity index is 1410. The number of nitrogens with zero attached hydrogens (tertiary/aromatic N) is 3. The van der Waals surface area contributed by atoms with Gasteiger partial charge in [0.1, 0.15) is 18.3 Å². The molecule has 4 aromatic rings. The van der Waals surface area contributed by atoms with Gasteiger partial charge in [0.05, 0.1) is 23.3 Å². The summed E-state index contributed by atoms with van der Waals surface area (Å²) >= 11 is 0. The van der Waals surface area contributed by atoms with Gasteiger partial charge in [-0.15, -0.1) is 0 Å². The number of benzene rings is 2. The molecule has 5 rings (SSSR count). The van der Waals surface area contributed by atoms with E-state index in [2.05, 4.69) is 32.3 Å². The van der Waals surface area contributed by atoms with Crippen LogP contribution >= 0.6 is 0 Å². The van der Waals surface area contributed by atoms with Crippen LogP contribution in [0.2, 0.25) is 0 Å². The summed E-state index contributed by atoms with van der Waals surface area (Å²) in [5.74, 6) is 0.398. The average Bonchev–Trinajstić information content (AvgIpc) is 3.62. The number of anilines is 1. The Morgan fingerprint density at radius 2 is 1.66 bits per heavy atom. The summed E-state index contributed by atoms with van der Waals surface area (Å²) in [5.41, 5.74) is 4.42. The molecule has 0 aliphatic carbocycles. The lowest BCUT2D eigenvalue weighted by atomic mass is 9.86. The number of amides is 2. The fraction of sp³-hybridized carbons (Fsp3) is 0.312. The van der Waals surface area contributed by atoms with Crippen molar-refractivity contribution >= 4 is 17.5 Å². The quantitative estimate of drug-likeness (QED) is 0.277. The number of carbonyl (C=O) groups is 2. The van der Waals surface area contributed by atoms with Crippen molar-refractivity contribution < 1.29 is 14.0 Å². The summed E-state index contributed by atoms with van der Waals surface area (Å²) in [7, 11) is 0. The van der Waals surface area contributed by atoms with Gasteiger partial charge in [-0.25, -0.2) is 0 Å². The van der Waals surface area contributed by atoms with Crippen LogP contribution in [0.4, 0.5) is 5.69 Å². The first-order valence-corrected chi connectivity index (χ1v) is 13.3. The van der Waals surface area contributed by atoms with Crippen LogP contribution in [0.1, 0.15) is 74.0 Å². The molecule has 2 amide bonds. The summed E-state index contributed by atoms with van der Waals surface area (Å²) in [5, 5.41) is 0. The molecule has 38 heavy (non-hydrogen) atoms. The molecule has 1 aliphatic heterocycles. The average molecular weight is 510 g/mol. The molecular weight excluding hydrogens is 474 g/mol. The van der Waals surface area contributed by atoms with E-state index in [1.165, 1.54) is 5.56 Å². The van der Waals surface area contributed by atoms with Gasteiger partial charge in [-0.1, -0.05) is 58.4 Å². The molecule has 0 saturated heterocycles. The first-order valence-electron chi connectivity index (χ1n) is 13.3. The standard InChI is InChI=1S/C32H35N3O3/c1-5-6-19-33(31(37)23-15-17-24(18-16-23)32(2,3)4)22-29(36)35-26-12-8-7-11-25(26)34-20-9-13-27(34)30(35)28-14-10-21-38-28/h7-18,20-21,30H,5-6,19,22H2,1-4H3. The van der Waals surface area contributed by atoms with Crippen LogP contribution in [0.15, 0.2) is 89.7 Å². The summed E-state index contributed by atoms with van der Waals surface area (Å²) in [6.45, 7) is 9.03. The molecular formula is C32H35N3O3. The van der Waals surface area contributed by atoms with E-state index in [1.807, 2.05) is 79.0 Å². The maximum absolute atomic E-state index is 14.2. The normalized spacial score (nSPS) is 14.6. The lowest BCUT2D eigenvalue weighted by molar-refractivity contribution is -0.119. The zero-order valence-electron chi connectivity index (χ0n) is 22.6. The van der Waals surface area contributed by atoms with Crippen molar-refractivity contribution in [2.24, 2.45) is 0 Å². The Labute approximate surface area is 224 Å². The number of fused-ring (bicyclic) bond motifs is 3. The fourth-order valence-electron chi connectivity index (χ4n) is 5.11. The number of carbonyl (C=O) groups excluding carboxylic acids is 2. The number of unbranched alkanes of at least 4 members (excludes halogenated alkanes) is 1. The van der Waals surface area contributed by atoms with Crippen molar-refractivity contribution in [3.8, 4) is 5.69 Å². The van der Waals surface area contributed by atoms with E-state index < -0.39 is 6.04 Å². The second kappa shape index (κ2) is 10.4. The molecule has 1 unspecified atom stereocenters. The highest BCUT2D eigenvalue weighted by molar-refractivity contribution is 6.02. The number of hydrogen-bond acceptors (Lipinski definition) is 3. The zero-order chi connectivity index (χ0) is 26.9. The fourth-order valence-corrected chi connectivity index (χ4v) is 5.11. The molecule has 0 saturated carbocycles. The molecule has 0 bridgehead atoms. The minimum absolute atomic E-state index is 0.000375. The Kier molecular flexibility index (Phi) is 6.98. The highest BCUT2D eigenvalue weighted by Crippen LogP contribution is 2.42. The van der Waals surface area contributed by atoms with Gasteiger partial charge < -0.3 is 13.9 Å². The highest BCUT2D eigenvalue weighted by Gasteiger charge is 2.38. The first kappa shape index (κ1) is 25.6. The Morgan fingerprint density at radius 3 is 2.32 bits per heavy atom. The van der Waals surface area contributed by atoms with Gasteiger partial charge in [-0.2, -0.15) is 0 Å². The third-order valence-electron chi connectivity index (χ3n) is 7.19. The lowest BCUT2D eigenvalue weighted by Gasteiger charge is -2.38. The molecule has 6 nitrogen and oxygen atoms in total. The molecule has 3 heterocycles. The highest BCUT2D eigenvalue weighted by atomic mass is 16.3. The van der Waals surface area contributed by atoms with Crippen LogP contribution in [0, 0.1) is 0 Å². The van der Waals surface area contributed by atoms with E-state index >= 15 is 0 Å². The largest absolute Gasteiger partial charge is 0.467 e. The molecule has 2 aromatic heterocycles. The maximum atomic E-state index is 14.2. The molecule has 2 aromatic carbocycles. The Balaban J connectivity index is 1.49. The zero-order valence-corrected chi connectivity index (χ0v) is 22.6. The van der Waals surface area contributed by atoms with E-state index in [0.717, 1.165) is 29.9 Å². The van der Waals surface area contributed by atoms with Crippen molar-refractivity contribution in [3.05, 3.63) is 108 Å².